The molecule has 0 atom stereocenters. The quantitative estimate of drug-likeness (QED) is 0.788. The Kier molecular flexibility index (Phi) is 3.03. The molecule has 0 aliphatic rings. The van der Waals surface area contributed by atoms with E-state index in [1.165, 1.54) is 23.6 Å². The lowest BCUT2D eigenvalue weighted by Gasteiger charge is -2.06. The van der Waals surface area contributed by atoms with Gasteiger partial charge < -0.3 is 11.1 Å². The number of nitrogens with two attached hydrogens (primary N) is 1. The van der Waals surface area contributed by atoms with Gasteiger partial charge in [0.2, 0.25) is 0 Å². The van der Waals surface area contributed by atoms with Crippen LogP contribution in [0.5, 0.6) is 0 Å². The lowest BCUT2D eigenvalue weighted by molar-refractivity contribution is 0.103. The van der Waals surface area contributed by atoms with E-state index in [9.17, 15) is 4.79 Å². The van der Waals surface area contributed by atoms with Gasteiger partial charge in [0.15, 0.2) is 0 Å². The van der Waals surface area contributed by atoms with Crippen LogP contribution in [0, 0.1) is 11.3 Å². The normalized spacial score (nSPS) is 9.59. The first-order valence-electron chi connectivity index (χ1n) is 4.70. The third kappa shape index (κ3) is 2.41. The Bertz CT molecular complexity index is 586. The molecule has 0 saturated carbocycles. The number of benzene rings is 1. The maximum absolute atomic E-state index is 11.7. The monoisotopic (exact) mass is 244 g/mol. The van der Waals surface area contributed by atoms with E-state index < -0.39 is 0 Å². The fourth-order valence-electron chi connectivity index (χ4n) is 1.26. The van der Waals surface area contributed by atoms with Gasteiger partial charge in [-0.25, -0.2) is 0 Å². The lowest BCUT2D eigenvalue weighted by atomic mass is 10.2. The maximum Gasteiger partial charge on any atom is 0.267 e. The molecule has 0 bridgehead atoms. The van der Waals surface area contributed by atoms with Gasteiger partial charge in [0.1, 0.15) is 4.88 Å². The SMILES string of the molecule is N#Cc1ccc(NC(=O)c2cncs2)c(N)c1. The Labute approximate surface area is 102 Å². The Morgan fingerprint density at radius 1 is 1.53 bits per heavy atom. The number of aromatic nitrogens is 1. The van der Waals surface area contributed by atoms with Crippen molar-refractivity contribution in [2.45, 2.75) is 0 Å². The van der Waals surface area contributed by atoms with Gasteiger partial charge in [-0.05, 0) is 18.2 Å². The fraction of sp³-hybridized carbons (Fsp3) is 0. The minimum absolute atomic E-state index is 0.260. The molecule has 17 heavy (non-hydrogen) atoms. The van der Waals surface area contributed by atoms with Crippen LogP contribution in [-0.2, 0) is 0 Å². The molecule has 0 spiro atoms. The van der Waals surface area contributed by atoms with Crippen LogP contribution in [0.3, 0.4) is 0 Å². The van der Waals surface area contributed by atoms with Crippen molar-refractivity contribution < 1.29 is 4.79 Å². The summed E-state index contributed by atoms with van der Waals surface area (Å²) in [6.07, 6.45) is 1.49. The molecule has 0 aliphatic carbocycles. The molecule has 3 N–H and O–H groups in total. The minimum atomic E-state index is -0.260. The molecule has 0 unspecified atom stereocenters. The van der Waals surface area contributed by atoms with Gasteiger partial charge in [0, 0.05) is 0 Å². The van der Waals surface area contributed by atoms with Crippen LogP contribution >= 0.6 is 11.3 Å². The predicted molar refractivity (Wildman–Crippen MR) is 65.6 cm³/mol. The van der Waals surface area contributed by atoms with Crippen molar-refractivity contribution in [2.24, 2.45) is 0 Å². The summed E-state index contributed by atoms with van der Waals surface area (Å²) >= 11 is 1.25. The Balaban J connectivity index is 2.20. The fourth-order valence-corrected chi connectivity index (χ4v) is 1.77. The largest absolute Gasteiger partial charge is 0.397 e. The third-order valence-corrected chi connectivity index (χ3v) is 2.86. The number of hydrogen-bond donors (Lipinski definition) is 2. The first-order chi connectivity index (χ1) is 8.20. The number of rotatable bonds is 2. The van der Waals surface area contributed by atoms with Crippen molar-refractivity contribution in [3.8, 4) is 6.07 Å². The molecule has 0 fully saturated rings. The molecule has 0 saturated heterocycles. The number of carbonyl (C=O) groups excluding carboxylic acids is 1. The number of hydrogen-bond acceptors (Lipinski definition) is 5. The number of nitriles is 1. The van der Waals surface area contributed by atoms with E-state index in [0.717, 1.165) is 0 Å². The van der Waals surface area contributed by atoms with E-state index in [4.69, 9.17) is 11.0 Å². The van der Waals surface area contributed by atoms with Gasteiger partial charge in [-0.3, -0.25) is 9.78 Å². The lowest BCUT2D eigenvalue weighted by Crippen LogP contribution is -2.11. The van der Waals surface area contributed by atoms with Crippen LogP contribution in [-0.4, -0.2) is 10.9 Å². The summed E-state index contributed by atoms with van der Waals surface area (Å²) in [4.78, 5) is 16.0. The number of anilines is 2. The number of thiazole rings is 1. The van der Waals surface area contributed by atoms with Crippen LogP contribution in [0.2, 0.25) is 0 Å². The van der Waals surface area contributed by atoms with Crippen molar-refractivity contribution in [1.29, 1.82) is 5.26 Å². The molecule has 1 amide bonds. The number of nitrogens with zero attached hydrogens (tertiary/aromatic N) is 2. The van der Waals surface area contributed by atoms with Gasteiger partial charge in [0.05, 0.1) is 34.7 Å². The van der Waals surface area contributed by atoms with Crippen LogP contribution in [0.25, 0.3) is 0 Å². The highest BCUT2D eigenvalue weighted by Crippen LogP contribution is 2.20. The molecule has 1 aromatic carbocycles. The Morgan fingerprint density at radius 3 is 2.94 bits per heavy atom. The van der Waals surface area contributed by atoms with Crippen molar-refractivity contribution >= 4 is 28.6 Å². The molecule has 1 heterocycles. The summed E-state index contributed by atoms with van der Waals surface area (Å²) in [6, 6.07) is 6.69. The molecule has 6 heteroatoms. The highest BCUT2D eigenvalue weighted by Gasteiger charge is 2.09. The van der Waals surface area contributed by atoms with Gasteiger partial charge in [0.25, 0.3) is 5.91 Å². The topological polar surface area (TPSA) is 91.8 Å². The molecule has 5 nitrogen and oxygen atoms in total. The second-order valence-electron chi connectivity index (χ2n) is 3.23. The summed E-state index contributed by atoms with van der Waals surface area (Å²) < 4.78 is 0. The molecule has 1 aromatic heterocycles. The van der Waals surface area contributed by atoms with E-state index in [0.29, 0.717) is 21.8 Å². The van der Waals surface area contributed by atoms with Crippen LogP contribution in [0.15, 0.2) is 29.9 Å². The van der Waals surface area contributed by atoms with Gasteiger partial charge in [-0.1, -0.05) is 0 Å². The molecule has 2 rings (SSSR count). The van der Waals surface area contributed by atoms with Crippen LogP contribution in [0.1, 0.15) is 15.2 Å². The summed E-state index contributed by atoms with van der Waals surface area (Å²) in [5, 5.41) is 11.3. The van der Waals surface area contributed by atoms with Crippen molar-refractivity contribution in [1.82, 2.24) is 4.98 Å². The third-order valence-electron chi connectivity index (χ3n) is 2.08. The summed E-state index contributed by atoms with van der Waals surface area (Å²) in [5.74, 6) is -0.260. The predicted octanol–water partition coefficient (Wildman–Crippen LogP) is 1.85. The van der Waals surface area contributed by atoms with Gasteiger partial charge in [-0.2, -0.15) is 5.26 Å². The van der Waals surface area contributed by atoms with Crippen molar-refractivity contribution in [3.05, 3.63) is 40.3 Å². The molecule has 0 aliphatic heterocycles. The van der Waals surface area contributed by atoms with E-state index in [-0.39, 0.29) is 5.91 Å². The second kappa shape index (κ2) is 4.63. The van der Waals surface area contributed by atoms with E-state index >= 15 is 0 Å². The minimum Gasteiger partial charge on any atom is -0.397 e. The highest BCUT2D eigenvalue weighted by atomic mass is 32.1. The average molecular weight is 244 g/mol. The highest BCUT2D eigenvalue weighted by molar-refractivity contribution is 7.11. The number of nitrogens with one attached hydrogen (secondary N) is 1. The second-order valence-corrected chi connectivity index (χ2v) is 4.12. The number of amides is 1. The zero-order valence-electron chi connectivity index (χ0n) is 8.68. The van der Waals surface area contributed by atoms with Crippen LogP contribution in [0.4, 0.5) is 11.4 Å². The zero-order valence-corrected chi connectivity index (χ0v) is 9.49. The summed E-state index contributed by atoms with van der Waals surface area (Å²) in [6.45, 7) is 0. The molecule has 84 valence electrons. The first kappa shape index (κ1) is 11.1. The summed E-state index contributed by atoms with van der Waals surface area (Å²) in [5.41, 5.74) is 8.61. The number of nitrogen functional groups attached to an aromatic ring is 1. The van der Waals surface area contributed by atoms with E-state index in [1.54, 1.807) is 17.6 Å². The molecule has 2 aromatic rings. The standard InChI is InChI=1S/C11H8N4OS/c12-4-7-1-2-9(8(13)3-7)15-11(16)10-5-14-6-17-10/h1-3,5-6H,13H2,(H,15,16). The van der Waals surface area contributed by atoms with Gasteiger partial charge in [-0.15, -0.1) is 11.3 Å². The number of carbonyl (C=O) groups is 1. The molecular weight excluding hydrogens is 236 g/mol. The molecule has 0 radical (unpaired) electrons. The Morgan fingerprint density at radius 2 is 2.35 bits per heavy atom. The Hall–Kier alpha value is -2.39. The summed E-state index contributed by atoms with van der Waals surface area (Å²) in [7, 11) is 0. The van der Waals surface area contributed by atoms with Crippen molar-refractivity contribution in [2.75, 3.05) is 11.1 Å². The van der Waals surface area contributed by atoms with E-state index in [2.05, 4.69) is 10.3 Å². The molecular formula is C11H8N4OS. The zero-order chi connectivity index (χ0) is 12.3. The van der Waals surface area contributed by atoms with Gasteiger partial charge >= 0.3 is 0 Å². The van der Waals surface area contributed by atoms with Crippen molar-refractivity contribution in [3.63, 3.8) is 0 Å². The average Bonchev–Trinajstić information content (AvgIpc) is 2.85. The smallest absolute Gasteiger partial charge is 0.267 e. The van der Waals surface area contributed by atoms with E-state index in [1.807, 2.05) is 6.07 Å². The maximum atomic E-state index is 11.7. The van der Waals surface area contributed by atoms with Crippen LogP contribution < -0.4 is 11.1 Å². The first-order valence-corrected chi connectivity index (χ1v) is 5.58.